The number of aliphatic hydroxyl groups is 1. The molecule has 1 rings (SSSR count). The Balaban J connectivity index is 2.63. The summed E-state index contributed by atoms with van der Waals surface area (Å²) in [5.41, 5.74) is 0. The number of aliphatic carboxylic acids is 1. The summed E-state index contributed by atoms with van der Waals surface area (Å²) in [6, 6.07) is 0. The Morgan fingerprint density at radius 1 is 1.50 bits per heavy atom. The number of hydrogen-bond acceptors (Lipinski definition) is 2. The van der Waals surface area contributed by atoms with E-state index in [0.717, 1.165) is 6.42 Å². The summed E-state index contributed by atoms with van der Waals surface area (Å²) in [6.07, 6.45) is 0.850. The van der Waals surface area contributed by atoms with Crippen LogP contribution in [-0.4, -0.2) is 22.3 Å². The smallest absolute Gasteiger partial charge is 0.309 e. The molecule has 0 radical (unpaired) electrons. The van der Waals surface area contributed by atoms with Crippen molar-refractivity contribution in [2.24, 2.45) is 11.8 Å². The summed E-state index contributed by atoms with van der Waals surface area (Å²) in [5, 5.41) is 17.7. The Kier molecular flexibility index (Phi) is 1.94. The summed E-state index contributed by atoms with van der Waals surface area (Å²) in [6.45, 7) is 1.87. The van der Waals surface area contributed by atoms with E-state index in [1.807, 2.05) is 6.92 Å². The van der Waals surface area contributed by atoms with Gasteiger partial charge in [0.1, 0.15) is 0 Å². The van der Waals surface area contributed by atoms with Gasteiger partial charge in [-0.15, -0.1) is 0 Å². The lowest BCUT2D eigenvalue weighted by molar-refractivity contribution is -0.146. The first-order valence-corrected chi connectivity index (χ1v) is 3.54. The maximum atomic E-state index is 10.5. The molecule has 0 aromatic carbocycles. The second-order valence-electron chi connectivity index (χ2n) is 2.99. The first-order valence-electron chi connectivity index (χ1n) is 3.54. The topological polar surface area (TPSA) is 57.5 Å². The second kappa shape index (κ2) is 2.58. The lowest BCUT2D eigenvalue weighted by Crippen LogP contribution is -2.26. The van der Waals surface area contributed by atoms with Gasteiger partial charge in [0.2, 0.25) is 0 Å². The van der Waals surface area contributed by atoms with Crippen molar-refractivity contribution in [1.29, 1.82) is 0 Å². The molecule has 1 fully saturated rings. The molecule has 3 atom stereocenters. The monoisotopic (exact) mass is 144 g/mol. The van der Waals surface area contributed by atoms with Crippen LogP contribution in [-0.2, 0) is 4.79 Å². The van der Waals surface area contributed by atoms with Gasteiger partial charge in [-0.1, -0.05) is 6.92 Å². The highest BCUT2D eigenvalue weighted by Gasteiger charge is 2.37. The van der Waals surface area contributed by atoms with Gasteiger partial charge in [0.05, 0.1) is 12.0 Å². The van der Waals surface area contributed by atoms with Gasteiger partial charge in [-0.3, -0.25) is 4.79 Å². The predicted octanol–water partition coefficient (Wildman–Crippen LogP) is 0.478. The summed E-state index contributed by atoms with van der Waals surface area (Å²) in [4.78, 5) is 10.5. The minimum Gasteiger partial charge on any atom is -0.481 e. The van der Waals surface area contributed by atoms with Crippen LogP contribution in [0.25, 0.3) is 0 Å². The van der Waals surface area contributed by atoms with Crippen molar-refractivity contribution < 1.29 is 15.0 Å². The average molecular weight is 144 g/mol. The molecule has 0 aromatic heterocycles. The lowest BCUT2D eigenvalue weighted by atomic mass is 9.97. The molecule has 2 N–H and O–H groups in total. The van der Waals surface area contributed by atoms with Crippen LogP contribution in [0.4, 0.5) is 0 Å². The van der Waals surface area contributed by atoms with Crippen LogP contribution >= 0.6 is 0 Å². The third-order valence-electron chi connectivity index (χ3n) is 2.23. The quantitative estimate of drug-likeness (QED) is 0.562. The Hall–Kier alpha value is -0.570. The molecule has 0 amide bonds. The SMILES string of the molecule is CC1CCC(O)C1C(=O)O. The van der Waals surface area contributed by atoms with E-state index < -0.39 is 18.0 Å². The molecule has 3 heteroatoms. The van der Waals surface area contributed by atoms with Gasteiger partial charge in [-0.05, 0) is 18.8 Å². The van der Waals surface area contributed by atoms with Gasteiger partial charge in [0.15, 0.2) is 0 Å². The molecule has 0 heterocycles. The van der Waals surface area contributed by atoms with E-state index in [1.165, 1.54) is 0 Å². The maximum absolute atomic E-state index is 10.5. The zero-order chi connectivity index (χ0) is 7.72. The van der Waals surface area contributed by atoms with E-state index in [-0.39, 0.29) is 5.92 Å². The van der Waals surface area contributed by atoms with E-state index in [9.17, 15) is 4.79 Å². The molecule has 1 aliphatic rings. The van der Waals surface area contributed by atoms with E-state index in [1.54, 1.807) is 0 Å². The number of carboxylic acids is 1. The van der Waals surface area contributed by atoms with Crippen molar-refractivity contribution in [1.82, 2.24) is 0 Å². The standard InChI is InChI=1S/C7H12O3/c1-4-2-3-5(8)6(4)7(9)10/h4-6,8H,2-3H2,1H3,(H,9,10). The molecule has 0 spiro atoms. The summed E-state index contributed by atoms with van der Waals surface area (Å²) >= 11 is 0. The first-order chi connectivity index (χ1) is 4.63. The normalized spacial score (nSPS) is 40.0. The van der Waals surface area contributed by atoms with Gasteiger partial charge in [0.25, 0.3) is 0 Å². The van der Waals surface area contributed by atoms with Crippen LogP contribution in [0.1, 0.15) is 19.8 Å². The van der Waals surface area contributed by atoms with Gasteiger partial charge in [0, 0.05) is 0 Å². The Morgan fingerprint density at radius 3 is 2.30 bits per heavy atom. The molecule has 0 aliphatic heterocycles. The van der Waals surface area contributed by atoms with Gasteiger partial charge >= 0.3 is 5.97 Å². The maximum Gasteiger partial charge on any atom is 0.309 e. The molecule has 0 bridgehead atoms. The predicted molar refractivity (Wildman–Crippen MR) is 35.5 cm³/mol. The van der Waals surface area contributed by atoms with Crippen LogP contribution in [0, 0.1) is 11.8 Å². The zero-order valence-electron chi connectivity index (χ0n) is 5.95. The van der Waals surface area contributed by atoms with Crippen molar-refractivity contribution >= 4 is 5.97 Å². The molecule has 1 aliphatic carbocycles. The van der Waals surface area contributed by atoms with Crippen molar-refractivity contribution in [3.05, 3.63) is 0 Å². The first kappa shape index (κ1) is 7.54. The fraction of sp³-hybridized carbons (Fsp3) is 0.857. The Bertz CT molecular complexity index is 134. The van der Waals surface area contributed by atoms with Crippen LogP contribution < -0.4 is 0 Å². The van der Waals surface area contributed by atoms with Gasteiger partial charge < -0.3 is 10.2 Å². The number of carbonyl (C=O) groups is 1. The van der Waals surface area contributed by atoms with Crippen LogP contribution in [0.3, 0.4) is 0 Å². The third kappa shape index (κ3) is 1.14. The Labute approximate surface area is 59.7 Å². The van der Waals surface area contributed by atoms with E-state index in [0.29, 0.717) is 6.42 Å². The molecular formula is C7H12O3. The zero-order valence-corrected chi connectivity index (χ0v) is 5.95. The molecule has 3 unspecified atom stereocenters. The molecule has 3 nitrogen and oxygen atoms in total. The van der Waals surface area contributed by atoms with Crippen LogP contribution in [0.15, 0.2) is 0 Å². The van der Waals surface area contributed by atoms with Crippen LogP contribution in [0.5, 0.6) is 0 Å². The third-order valence-corrected chi connectivity index (χ3v) is 2.23. The van der Waals surface area contributed by atoms with Crippen molar-refractivity contribution in [2.75, 3.05) is 0 Å². The van der Waals surface area contributed by atoms with Crippen molar-refractivity contribution in [3.63, 3.8) is 0 Å². The number of aliphatic hydroxyl groups excluding tert-OH is 1. The molecule has 10 heavy (non-hydrogen) atoms. The highest BCUT2D eigenvalue weighted by molar-refractivity contribution is 5.71. The van der Waals surface area contributed by atoms with Crippen LogP contribution in [0.2, 0.25) is 0 Å². The van der Waals surface area contributed by atoms with Crippen molar-refractivity contribution in [2.45, 2.75) is 25.9 Å². The minimum absolute atomic E-state index is 0.132. The van der Waals surface area contributed by atoms with E-state index in [4.69, 9.17) is 10.2 Å². The van der Waals surface area contributed by atoms with Gasteiger partial charge in [-0.2, -0.15) is 0 Å². The van der Waals surface area contributed by atoms with Gasteiger partial charge in [-0.25, -0.2) is 0 Å². The number of rotatable bonds is 1. The molecule has 1 saturated carbocycles. The molecule has 0 aromatic rings. The minimum atomic E-state index is -0.863. The summed E-state index contributed by atoms with van der Waals surface area (Å²) in [5.74, 6) is -1.26. The molecule has 58 valence electrons. The second-order valence-corrected chi connectivity index (χ2v) is 2.99. The fourth-order valence-electron chi connectivity index (χ4n) is 1.58. The van der Waals surface area contributed by atoms with E-state index >= 15 is 0 Å². The fourth-order valence-corrected chi connectivity index (χ4v) is 1.58. The lowest BCUT2D eigenvalue weighted by Gasteiger charge is -2.12. The highest BCUT2D eigenvalue weighted by atomic mass is 16.4. The average Bonchev–Trinajstić information content (AvgIpc) is 2.11. The Morgan fingerprint density at radius 2 is 2.10 bits per heavy atom. The molecular weight excluding hydrogens is 132 g/mol. The highest BCUT2D eigenvalue weighted by Crippen LogP contribution is 2.31. The van der Waals surface area contributed by atoms with E-state index in [2.05, 4.69) is 0 Å². The van der Waals surface area contributed by atoms with Crippen molar-refractivity contribution in [3.8, 4) is 0 Å². The number of hydrogen-bond donors (Lipinski definition) is 2. The largest absolute Gasteiger partial charge is 0.481 e. The molecule has 0 saturated heterocycles. The number of carboxylic acid groups (broad SMARTS) is 1. The summed E-state index contributed by atoms with van der Waals surface area (Å²) < 4.78 is 0. The summed E-state index contributed by atoms with van der Waals surface area (Å²) in [7, 11) is 0.